The minimum absolute atomic E-state index is 0.332. The zero-order chi connectivity index (χ0) is 10.5. The molecule has 0 saturated carbocycles. The molecule has 15 heavy (non-hydrogen) atoms. The number of hydrogen-bond acceptors (Lipinski definition) is 3. The van der Waals surface area contributed by atoms with Gasteiger partial charge in [-0.05, 0) is 19.3 Å². The molecular weight excluding hydrogens is 214 g/mol. The number of aryl methyl sites for hydroxylation is 1. The molecule has 1 aliphatic heterocycles. The molecule has 2 rings (SSSR count). The van der Waals surface area contributed by atoms with Gasteiger partial charge in [-0.2, -0.15) is 0 Å². The number of alkyl halides is 1. The summed E-state index contributed by atoms with van der Waals surface area (Å²) in [4.78, 5) is 4.21. The number of nitrogens with zero attached hydrogens (tertiary/aromatic N) is 1. The van der Waals surface area contributed by atoms with Gasteiger partial charge in [-0.3, -0.25) is 0 Å². The molecular formula is C11H16ClNO2. The van der Waals surface area contributed by atoms with Gasteiger partial charge in [-0.25, -0.2) is 4.98 Å². The van der Waals surface area contributed by atoms with Crippen molar-refractivity contribution in [2.45, 2.75) is 38.2 Å². The van der Waals surface area contributed by atoms with Crippen molar-refractivity contribution in [1.82, 2.24) is 4.98 Å². The van der Waals surface area contributed by atoms with Crippen LogP contribution in [0.4, 0.5) is 0 Å². The van der Waals surface area contributed by atoms with Gasteiger partial charge in [0.1, 0.15) is 5.76 Å². The van der Waals surface area contributed by atoms with Gasteiger partial charge in [-0.1, -0.05) is 0 Å². The number of aromatic nitrogens is 1. The Balaban J connectivity index is 1.83. The van der Waals surface area contributed by atoms with Crippen LogP contribution in [-0.2, 0) is 17.6 Å². The van der Waals surface area contributed by atoms with Gasteiger partial charge in [0, 0.05) is 25.3 Å². The summed E-state index contributed by atoms with van der Waals surface area (Å²) in [7, 11) is 0. The molecule has 1 fully saturated rings. The van der Waals surface area contributed by atoms with Crippen molar-refractivity contribution in [2.75, 3.05) is 12.5 Å². The fourth-order valence-corrected chi connectivity index (χ4v) is 1.94. The summed E-state index contributed by atoms with van der Waals surface area (Å²) in [5.41, 5.74) is 0. The summed E-state index contributed by atoms with van der Waals surface area (Å²) in [6, 6.07) is 0. The Morgan fingerprint density at radius 1 is 1.53 bits per heavy atom. The van der Waals surface area contributed by atoms with Crippen molar-refractivity contribution in [3.8, 4) is 0 Å². The summed E-state index contributed by atoms with van der Waals surface area (Å²) in [6.45, 7) is 0.887. The molecule has 1 atom stereocenters. The van der Waals surface area contributed by atoms with Gasteiger partial charge in [-0.15, -0.1) is 11.6 Å². The van der Waals surface area contributed by atoms with Crippen molar-refractivity contribution in [1.29, 1.82) is 0 Å². The third kappa shape index (κ3) is 3.21. The monoisotopic (exact) mass is 229 g/mol. The molecule has 0 aromatic carbocycles. The first kappa shape index (κ1) is 11.0. The highest BCUT2D eigenvalue weighted by molar-refractivity contribution is 6.17. The summed E-state index contributed by atoms with van der Waals surface area (Å²) >= 11 is 5.61. The number of hydrogen-bond donors (Lipinski definition) is 0. The third-order valence-electron chi connectivity index (χ3n) is 2.58. The maximum absolute atomic E-state index is 5.61. The third-order valence-corrected chi connectivity index (χ3v) is 2.85. The highest BCUT2D eigenvalue weighted by Crippen LogP contribution is 2.18. The molecule has 0 bridgehead atoms. The number of halogens is 1. The number of ether oxygens (including phenoxy) is 1. The molecule has 0 N–H and O–H groups in total. The van der Waals surface area contributed by atoms with Crippen LogP contribution in [0.2, 0.25) is 0 Å². The topological polar surface area (TPSA) is 35.3 Å². The minimum Gasteiger partial charge on any atom is -0.446 e. The van der Waals surface area contributed by atoms with Crippen LogP contribution in [0.15, 0.2) is 10.6 Å². The van der Waals surface area contributed by atoms with Crippen LogP contribution >= 0.6 is 11.6 Å². The SMILES string of the molecule is ClCCCc1ncc(CC2CCCO2)o1. The van der Waals surface area contributed by atoms with Gasteiger partial charge < -0.3 is 9.15 Å². The van der Waals surface area contributed by atoms with E-state index in [9.17, 15) is 0 Å². The second-order valence-corrected chi connectivity index (χ2v) is 4.23. The first-order chi connectivity index (χ1) is 7.38. The van der Waals surface area contributed by atoms with Crippen molar-refractivity contribution >= 4 is 11.6 Å². The van der Waals surface area contributed by atoms with E-state index >= 15 is 0 Å². The Hall–Kier alpha value is -0.540. The molecule has 4 heteroatoms. The van der Waals surface area contributed by atoms with E-state index in [1.807, 2.05) is 6.20 Å². The van der Waals surface area contributed by atoms with Gasteiger partial charge in [0.05, 0.1) is 12.3 Å². The zero-order valence-corrected chi connectivity index (χ0v) is 9.50. The lowest BCUT2D eigenvalue weighted by molar-refractivity contribution is 0.106. The second-order valence-electron chi connectivity index (χ2n) is 3.85. The molecule has 1 aliphatic rings. The fraction of sp³-hybridized carbons (Fsp3) is 0.727. The highest BCUT2D eigenvalue weighted by Gasteiger charge is 2.17. The molecule has 1 saturated heterocycles. The average molecular weight is 230 g/mol. The Morgan fingerprint density at radius 3 is 3.20 bits per heavy atom. The second kappa shape index (κ2) is 5.52. The Labute approximate surface area is 94.8 Å². The van der Waals surface area contributed by atoms with E-state index in [0.29, 0.717) is 12.0 Å². The zero-order valence-electron chi connectivity index (χ0n) is 8.75. The fourth-order valence-electron chi connectivity index (χ4n) is 1.81. The summed E-state index contributed by atoms with van der Waals surface area (Å²) in [6.07, 6.45) is 7.05. The van der Waals surface area contributed by atoms with E-state index in [-0.39, 0.29) is 0 Å². The van der Waals surface area contributed by atoms with Crippen molar-refractivity contribution in [3.05, 3.63) is 17.8 Å². The quantitative estimate of drug-likeness (QED) is 0.728. The van der Waals surface area contributed by atoms with Crippen LogP contribution in [-0.4, -0.2) is 23.6 Å². The molecule has 3 nitrogen and oxygen atoms in total. The smallest absolute Gasteiger partial charge is 0.194 e. The largest absolute Gasteiger partial charge is 0.446 e. The van der Waals surface area contributed by atoms with E-state index < -0.39 is 0 Å². The molecule has 84 valence electrons. The molecule has 0 aliphatic carbocycles. The summed E-state index contributed by atoms with van der Waals surface area (Å²) < 4.78 is 11.1. The molecule has 0 amide bonds. The van der Waals surface area contributed by atoms with Crippen LogP contribution < -0.4 is 0 Å². The van der Waals surface area contributed by atoms with Crippen LogP contribution in [0, 0.1) is 0 Å². The number of rotatable bonds is 5. The first-order valence-electron chi connectivity index (χ1n) is 5.49. The Morgan fingerprint density at radius 2 is 2.47 bits per heavy atom. The van der Waals surface area contributed by atoms with E-state index in [2.05, 4.69) is 4.98 Å². The maximum Gasteiger partial charge on any atom is 0.194 e. The van der Waals surface area contributed by atoms with Crippen molar-refractivity contribution < 1.29 is 9.15 Å². The van der Waals surface area contributed by atoms with Crippen LogP contribution in [0.25, 0.3) is 0 Å². The average Bonchev–Trinajstić information content (AvgIpc) is 2.87. The minimum atomic E-state index is 0.332. The maximum atomic E-state index is 5.61. The van der Waals surface area contributed by atoms with Gasteiger partial charge in [0.2, 0.25) is 0 Å². The predicted octanol–water partition coefficient (Wildman–Crippen LogP) is 2.57. The summed E-state index contributed by atoms with van der Waals surface area (Å²) in [5, 5.41) is 0. The number of oxazole rings is 1. The highest BCUT2D eigenvalue weighted by atomic mass is 35.5. The Bertz CT molecular complexity index is 295. The molecule has 0 spiro atoms. The van der Waals surface area contributed by atoms with E-state index in [0.717, 1.165) is 50.4 Å². The molecule has 1 unspecified atom stereocenters. The predicted molar refractivity (Wildman–Crippen MR) is 58.2 cm³/mol. The van der Waals surface area contributed by atoms with Gasteiger partial charge in [0.15, 0.2) is 5.89 Å². The standard InChI is InChI=1S/C11H16ClNO2/c12-5-1-4-11-13-8-10(15-11)7-9-3-2-6-14-9/h8-9H,1-7H2. The van der Waals surface area contributed by atoms with Gasteiger partial charge >= 0.3 is 0 Å². The van der Waals surface area contributed by atoms with E-state index in [4.69, 9.17) is 20.8 Å². The van der Waals surface area contributed by atoms with E-state index in [1.54, 1.807) is 0 Å². The lowest BCUT2D eigenvalue weighted by Gasteiger charge is -2.05. The van der Waals surface area contributed by atoms with E-state index in [1.165, 1.54) is 0 Å². The molecule has 1 aromatic rings. The lowest BCUT2D eigenvalue weighted by Crippen LogP contribution is -2.07. The molecule has 0 radical (unpaired) electrons. The summed E-state index contributed by atoms with van der Waals surface area (Å²) in [5.74, 6) is 2.39. The normalized spacial score (nSPS) is 21.0. The molecule has 1 aromatic heterocycles. The van der Waals surface area contributed by atoms with Crippen LogP contribution in [0.3, 0.4) is 0 Å². The Kier molecular flexibility index (Phi) is 4.03. The first-order valence-corrected chi connectivity index (χ1v) is 6.03. The van der Waals surface area contributed by atoms with Crippen molar-refractivity contribution in [3.63, 3.8) is 0 Å². The van der Waals surface area contributed by atoms with Crippen LogP contribution in [0.1, 0.15) is 30.9 Å². The van der Waals surface area contributed by atoms with Gasteiger partial charge in [0.25, 0.3) is 0 Å². The molecule has 2 heterocycles. The lowest BCUT2D eigenvalue weighted by atomic mass is 10.1. The van der Waals surface area contributed by atoms with Crippen molar-refractivity contribution in [2.24, 2.45) is 0 Å². The van der Waals surface area contributed by atoms with Crippen LogP contribution in [0.5, 0.6) is 0 Å².